The van der Waals surface area contributed by atoms with E-state index in [2.05, 4.69) is 21.2 Å². The minimum atomic E-state index is -4.15. The number of hydrogen-bond donors (Lipinski definition) is 1. The summed E-state index contributed by atoms with van der Waals surface area (Å²) in [5.74, 6) is -1.07. The fourth-order valence-electron chi connectivity index (χ4n) is 1.79. The van der Waals surface area contributed by atoms with Crippen LogP contribution in [0.4, 0.5) is 4.39 Å². The smallest absolute Gasteiger partial charge is 0.262 e. The zero-order valence-corrected chi connectivity index (χ0v) is 14.8. The van der Waals surface area contributed by atoms with E-state index in [1.165, 1.54) is 0 Å². The molecule has 0 spiro atoms. The van der Waals surface area contributed by atoms with Gasteiger partial charge in [0.25, 0.3) is 15.0 Å². The van der Waals surface area contributed by atoms with Gasteiger partial charge in [-0.25, -0.2) is 12.8 Å². The number of hydrogen-bond acceptors (Lipinski definition) is 3. The molecule has 0 aliphatic heterocycles. The molecule has 8 heteroatoms. The van der Waals surface area contributed by atoms with Crippen molar-refractivity contribution in [2.45, 2.75) is 31.6 Å². The number of halogens is 3. The lowest BCUT2D eigenvalue weighted by Crippen LogP contribution is -2.29. The topological polar surface area (TPSA) is 63.2 Å². The molecule has 4 nitrogen and oxygen atoms in total. The maximum Gasteiger partial charge on any atom is 0.262 e. The molecule has 1 aromatic carbocycles. The van der Waals surface area contributed by atoms with Crippen molar-refractivity contribution in [3.05, 3.63) is 28.0 Å². The molecule has 0 bridgehead atoms. The molecule has 0 atom stereocenters. The van der Waals surface area contributed by atoms with Crippen molar-refractivity contribution >= 4 is 41.6 Å². The normalized spacial score (nSPS) is 11.7. The van der Waals surface area contributed by atoms with Gasteiger partial charge in [-0.05, 0) is 34.0 Å². The fourth-order valence-corrected chi connectivity index (χ4v) is 3.88. The first-order chi connectivity index (χ1) is 9.70. The van der Waals surface area contributed by atoms with Crippen molar-refractivity contribution in [2.75, 3.05) is 6.54 Å². The zero-order valence-electron chi connectivity index (χ0n) is 11.6. The van der Waals surface area contributed by atoms with Crippen LogP contribution in [0.25, 0.3) is 0 Å². The van der Waals surface area contributed by atoms with Gasteiger partial charge in [-0.15, -0.1) is 0 Å². The van der Waals surface area contributed by atoms with Crippen molar-refractivity contribution in [1.29, 1.82) is 0 Å². The average molecular weight is 401 g/mol. The Hall–Kier alpha value is -0.660. The monoisotopic (exact) mass is 399 g/mol. The molecule has 118 valence electrons. The van der Waals surface area contributed by atoms with E-state index in [-0.39, 0.29) is 10.0 Å². The van der Waals surface area contributed by atoms with E-state index in [0.717, 1.165) is 25.0 Å². The highest BCUT2D eigenvalue weighted by molar-refractivity contribution is 9.10. The molecule has 0 aliphatic rings. The molecule has 0 heterocycles. The van der Waals surface area contributed by atoms with Gasteiger partial charge in [-0.3, -0.25) is 4.79 Å². The van der Waals surface area contributed by atoms with Gasteiger partial charge >= 0.3 is 0 Å². The first kappa shape index (κ1) is 18.4. The predicted octanol–water partition coefficient (Wildman–Crippen LogP) is 3.68. The summed E-state index contributed by atoms with van der Waals surface area (Å²) in [6, 6.07) is 2.02. The van der Waals surface area contributed by atoms with Crippen LogP contribution >= 0.6 is 26.6 Å². The summed E-state index contributed by atoms with van der Waals surface area (Å²) in [5, 5.41) is 2.67. The highest BCUT2D eigenvalue weighted by Crippen LogP contribution is 2.29. The van der Waals surface area contributed by atoms with Gasteiger partial charge < -0.3 is 5.32 Å². The first-order valence-corrected chi connectivity index (χ1v) is 9.52. The Morgan fingerprint density at radius 3 is 2.43 bits per heavy atom. The van der Waals surface area contributed by atoms with Gasteiger partial charge in [0.2, 0.25) is 0 Å². The lowest BCUT2D eigenvalue weighted by atomic mass is 10.0. The Morgan fingerprint density at radius 2 is 1.95 bits per heavy atom. The van der Waals surface area contributed by atoms with E-state index >= 15 is 0 Å². The largest absolute Gasteiger partial charge is 0.352 e. The second-order valence-corrected chi connectivity index (χ2v) is 7.93. The Morgan fingerprint density at radius 1 is 1.38 bits per heavy atom. The van der Waals surface area contributed by atoms with Crippen LogP contribution in [0.2, 0.25) is 0 Å². The van der Waals surface area contributed by atoms with Gasteiger partial charge in [0.15, 0.2) is 0 Å². The van der Waals surface area contributed by atoms with Crippen molar-refractivity contribution in [1.82, 2.24) is 5.32 Å². The molecule has 0 radical (unpaired) electrons. The minimum absolute atomic E-state index is 0.0825. The number of benzene rings is 1. The zero-order chi connectivity index (χ0) is 16.2. The predicted molar refractivity (Wildman–Crippen MR) is 83.5 cm³/mol. The van der Waals surface area contributed by atoms with Crippen LogP contribution in [-0.2, 0) is 9.05 Å². The van der Waals surface area contributed by atoms with E-state index in [0.29, 0.717) is 12.5 Å². The van der Waals surface area contributed by atoms with Gasteiger partial charge in [0, 0.05) is 22.8 Å². The molecular weight excluding hydrogens is 385 g/mol. The summed E-state index contributed by atoms with van der Waals surface area (Å²) >= 11 is 2.81. The summed E-state index contributed by atoms with van der Waals surface area (Å²) in [5.41, 5.74) is -0.0825. The molecule has 0 aliphatic carbocycles. The van der Waals surface area contributed by atoms with Crippen LogP contribution in [-0.4, -0.2) is 20.9 Å². The van der Waals surface area contributed by atoms with E-state index in [4.69, 9.17) is 10.7 Å². The summed E-state index contributed by atoms with van der Waals surface area (Å²) < 4.78 is 36.2. The molecule has 0 unspecified atom stereocenters. The van der Waals surface area contributed by atoms with Crippen LogP contribution in [0, 0.1) is 11.7 Å². The molecule has 1 rings (SSSR count). The quantitative estimate of drug-likeness (QED) is 0.741. The highest BCUT2D eigenvalue weighted by atomic mass is 79.9. The summed E-state index contributed by atoms with van der Waals surface area (Å²) in [6.45, 7) is 4.47. The van der Waals surface area contributed by atoms with Crippen LogP contribution < -0.4 is 5.32 Å². The maximum atomic E-state index is 13.7. The lowest BCUT2D eigenvalue weighted by molar-refractivity contribution is 0.0945. The van der Waals surface area contributed by atoms with E-state index in [9.17, 15) is 17.6 Å². The van der Waals surface area contributed by atoms with E-state index in [1.54, 1.807) is 0 Å². The minimum Gasteiger partial charge on any atom is -0.352 e. The standard InChI is InChI=1S/C13H16BrClFNO3S/c1-3-8(4-2)7-17-13(18)9-5-10(16)12(14)11(6-9)21(15,19)20/h5-6,8H,3-4,7H2,1-2H3,(H,17,18). The van der Waals surface area contributed by atoms with Crippen molar-refractivity contribution < 1.29 is 17.6 Å². The molecule has 0 aromatic heterocycles. The van der Waals surface area contributed by atoms with Crippen molar-refractivity contribution in [3.63, 3.8) is 0 Å². The molecule has 1 N–H and O–H groups in total. The molecule has 1 aromatic rings. The second kappa shape index (κ2) is 7.56. The molecule has 0 fully saturated rings. The van der Waals surface area contributed by atoms with Gasteiger partial charge in [0.05, 0.1) is 4.47 Å². The molecule has 1 amide bonds. The fraction of sp³-hybridized carbons (Fsp3) is 0.462. The lowest BCUT2D eigenvalue weighted by Gasteiger charge is -2.14. The molecular formula is C13H16BrClFNO3S. The Balaban J connectivity index is 3.04. The molecule has 0 saturated carbocycles. The van der Waals surface area contributed by atoms with Crippen LogP contribution in [0.5, 0.6) is 0 Å². The number of carbonyl (C=O) groups excluding carboxylic acids is 1. The molecule has 21 heavy (non-hydrogen) atoms. The number of amides is 1. The SMILES string of the molecule is CCC(CC)CNC(=O)c1cc(F)c(Br)c(S(=O)(=O)Cl)c1. The Labute approximate surface area is 136 Å². The third-order valence-corrected chi connectivity index (χ3v) is 5.64. The van der Waals surface area contributed by atoms with Crippen LogP contribution in [0.3, 0.4) is 0 Å². The average Bonchev–Trinajstić information content (AvgIpc) is 2.41. The first-order valence-electron chi connectivity index (χ1n) is 6.42. The summed E-state index contributed by atoms with van der Waals surface area (Å²) in [4.78, 5) is 11.5. The molecule has 0 saturated heterocycles. The van der Waals surface area contributed by atoms with Crippen LogP contribution in [0.1, 0.15) is 37.0 Å². The summed E-state index contributed by atoms with van der Waals surface area (Å²) in [7, 11) is 1.08. The number of carbonyl (C=O) groups is 1. The van der Waals surface area contributed by atoms with E-state index in [1.807, 2.05) is 13.8 Å². The second-order valence-electron chi connectivity index (χ2n) is 4.60. The third-order valence-electron chi connectivity index (χ3n) is 3.23. The van der Waals surface area contributed by atoms with Crippen LogP contribution in [0.15, 0.2) is 21.5 Å². The number of nitrogens with one attached hydrogen (secondary N) is 1. The third kappa shape index (κ3) is 4.93. The van der Waals surface area contributed by atoms with Crippen molar-refractivity contribution in [2.24, 2.45) is 5.92 Å². The maximum absolute atomic E-state index is 13.7. The van der Waals surface area contributed by atoms with E-state index < -0.39 is 25.7 Å². The highest BCUT2D eigenvalue weighted by Gasteiger charge is 2.21. The van der Waals surface area contributed by atoms with Crippen molar-refractivity contribution in [3.8, 4) is 0 Å². The van der Waals surface area contributed by atoms with Gasteiger partial charge in [-0.1, -0.05) is 26.7 Å². The number of rotatable bonds is 6. The Bertz CT molecular complexity index is 633. The van der Waals surface area contributed by atoms with Gasteiger partial charge in [0.1, 0.15) is 10.7 Å². The van der Waals surface area contributed by atoms with Gasteiger partial charge in [-0.2, -0.15) is 0 Å². The Kier molecular flexibility index (Phi) is 6.62. The summed E-state index contributed by atoms with van der Waals surface area (Å²) in [6.07, 6.45) is 1.82.